The molecule has 1 aliphatic carbocycles. The first-order valence-electron chi connectivity index (χ1n) is 13.5. The van der Waals surface area contributed by atoms with Gasteiger partial charge >= 0.3 is 0 Å². The number of para-hydroxylation sites is 1. The highest BCUT2D eigenvalue weighted by Gasteiger charge is 2.29. The molecule has 0 spiro atoms. The van der Waals surface area contributed by atoms with E-state index in [1.165, 1.54) is 24.0 Å². The van der Waals surface area contributed by atoms with Gasteiger partial charge in [0.2, 0.25) is 5.95 Å². The van der Waals surface area contributed by atoms with E-state index >= 15 is 0 Å². The van der Waals surface area contributed by atoms with Crippen LogP contribution in [0.1, 0.15) is 50.7 Å². The van der Waals surface area contributed by atoms with E-state index in [1.807, 2.05) is 18.3 Å². The van der Waals surface area contributed by atoms with Crippen LogP contribution in [0.5, 0.6) is 0 Å². The van der Waals surface area contributed by atoms with Gasteiger partial charge in [-0.15, -0.1) is 0 Å². The lowest BCUT2D eigenvalue weighted by atomic mass is 10.0. The van der Waals surface area contributed by atoms with Crippen LogP contribution in [0.2, 0.25) is 5.02 Å². The number of likely N-dealkylation sites (N-methyl/N-ethyl adjacent to an activating group) is 1. The molecular formula is C30H35ClN6. The zero-order valence-electron chi connectivity index (χ0n) is 21.8. The number of fused-ring (bicyclic) bond motifs is 1. The Kier molecular flexibility index (Phi) is 6.65. The molecule has 192 valence electrons. The summed E-state index contributed by atoms with van der Waals surface area (Å²) in [7, 11) is 0. The maximum absolute atomic E-state index is 6.57. The molecule has 2 aromatic heterocycles. The molecule has 2 N–H and O–H groups in total. The fourth-order valence-electron chi connectivity index (χ4n) is 6.02. The quantitative estimate of drug-likeness (QED) is 0.283. The molecule has 2 aromatic carbocycles. The number of nitrogens with one attached hydrogen (secondary N) is 2. The summed E-state index contributed by atoms with van der Waals surface area (Å²) in [5.74, 6) is 1.23. The zero-order valence-corrected chi connectivity index (χ0v) is 22.6. The number of anilines is 2. The number of hydrogen-bond acceptors (Lipinski definition) is 5. The molecular weight excluding hydrogens is 480 g/mol. The number of benzene rings is 2. The van der Waals surface area contributed by atoms with Gasteiger partial charge in [-0.05, 0) is 68.5 Å². The Bertz CT molecular complexity index is 1400. The summed E-state index contributed by atoms with van der Waals surface area (Å²) in [6.07, 6.45) is 6.20. The minimum Gasteiger partial charge on any atom is -0.360 e. The molecule has 2 fully saturated rings. The highest BCUT2D eigenvalue weighted by molar-refractivity contribution is 6.33. The summed E-state index contributed by atoms with van der Waals surface area (Å²) in [5, 5.41) is 5.13. The summed E-state index contributed by atoms with van der Waals surface area (Å²) in [6.45, 7) is 11.2. The molecule has 0 radical (unpaired) electrons. The van der Waals surface area contributed by atoms with E-state index in [0.717, 1.165) is 54.0 Å². The topological polar surface area (TPSA) is 60.1 Å². The minimum absolute atomic E-state index is 0.539. The van der Waals surface area contributed by atoms with Gasteiger partial charge in [0.05, 0.1) is 16.9 Å². The number of hydrogen-bond donors (Lipinski definition) is 2. The van der Waals surface area contributed by atoms with E-state index < -0.39 is 0 Å². The maximum Gasteiger partial charge on any atom is 0.227 e. The van der Waals surface area contributed by atoms with Crippen LogP contribution in [0.3, 0.4) is 0 Å². The van der Waals surface area contributed by atoms with Crippen LogP contribution >= 0.6 is 11.6 Å². The first kappa shape index (κ1) is 24.4. The smallest absolute Gasteiger partial charge is 0.227 e. The van der Waals surface area contributed by atoms with Crippen molar-refractivity contribution in [2.75, 3.05) is 25.0 Å². The summed E-state index contributed by atoms with van der Waals surface area (Å²) in [5.41, 5.74) is 6.58. The molecule has 1 saturated carbocycles. The molecule has 7 heteroatoms. The van der Waals surface area contributed by atoms with Crippen LogP contribution in [0.4, 0.5) is 11.6 Å². The van der Waals surface area contributed by atoms with Crippen LogP contribution in [0.25, 0.3) is 22.2 Å². The maximum atomic E-state index is 6.57. The van der Waals surface area contributed by atoms with Gasteiger partial charge in [0.15, 0.2) is 0 Å². The van der Waals surface area contributed by atoms with E-state index in [0.29, 0.717) is 29.0 Å². The number of H-pyrrole nitrogens is 1. The fraction of sp³-hybridized carbons (Fsp3) is 0.400. The van der Waals surface area contributed by atoms with Gasteiger partial charge in [-0.1, -0.05) is 42.8 Å². The van der Waals surface area contributed by atoms with Gasteiger partial charge < -0.3 is 10.3 Å². The Morgan fingerprint density at radius 1 is 1.08 bits per heavy atom. The average Bonchev–Trinajstić information content (AvgIpc) is 3.64. The molecule has 0 unspecified atom stereocenters. The third kappa shape index (κ3) is 5.11. The van der Waals surface area contributed by atoms with Crippen LogP contribution in [-0.2, 0) is 6.54 Å². The van der Waals surface area contributed by atoms with Crippen LogP contribution < -0.4 is 5.32 Å². The third-order valence-electron chi connectivity index (χ3n) is 7.86. The molecule has 37 heavy (non-hydrogen) atoms. The summed E-state index contributed by atoms with van der Waals surface area (Å²) < 4.78 is 0. The molecule has 4 aromatic rings. The molecule has 1 aliphatic heterocycles. The van der Waals surface area contributed by atoms with E-state index in [4.69, 9.17) is 16.6 Å². The SMILES string of the molecule is CCN1[C@H](C)CN(Cc2cc(Nc3ncc(Cl)c(-c4c[nH]c5ccccc45)n3)cc(C3CC3)c2)C[C@@H]1C. The Balaban J connectivity index is 1.27. The second-order valence-corrected chi connectivity index (χ2v) is 11.1. The third-order valence-corrected chi connectivity index (χ3v) is 8.13. The lowest BCUT2D eigenvalue weighted by Gasteiger charge is -2.44. The van der Waals surface area contributed by atoms with E-state index in [2.05, 4.69) is 76.2 Å². The molecule has 0 amide bonds. The molecule has 3 heterocycles. The van der Waals surface area contributed by atoms with Crippen molar-refractivity contribution < 1.29 is 0 Å². The van der Waals surface area contributed by atoms with Crippen molar-refractivity contribution >= 4 is 34.1 Å². The van der Waals surface area contributed by atoms with Gasteiger partial charge in [-0.3, -0.25) is 9.80 Å². The van der Waals surface area contributed by atoms with Crippen molar-refractivity contribution in [2.24, 2.45) is 0 Å². The highest BCUT2D eigenvalue weighted by Crippen LogP contribution is 2.42. The van der Waals surface area contributed by atoms with Crippen molar-refractivity contribution in [1.29, 1.82) is 0 Å². The first-order chi connectivity index (χ1) is 18.0. The number of halogens is 1. The van der Waals surface area contributed by atoms with E-state index in [9.17, 15) is 0 Å². The fourth-order valence-corrected chi connectivity index (χ4v) is 6.22. The van der Waals surface area contributed by atoms with E-state index in [-0.39, 0.29) is 0 Å². The minimum atomic E-state index is 0.539. The number of nitrogens with zero attached hydrogens (tertiary/aromatic N) is 4. The highest BCUT2D eigenvalue weighted by atomic mass is 35.5. The number of aromatic nitrogens is 3. The van der Waals surface area contributed by atoms with Gasteiger partial charge in [0.25, 0.3) is 0 Å². The van der Waals surface area contributed by atoms with Crippen molar-refractivity contribution in [2.45, 2.75) is 58.2 Å². The predicted octanol–water partition coefficient (Wildman–Crippen LogP) is 6.81. The number of aromatic amines is 1. The second-order valence-electron chi connectivity index (χ2n) is 10.7. The second kappa shape index (κ2) is 10.1. The molecule has 6 nitrogen and oxygen atoms in total. The molecule has 2 atom stereocenters. The lowest BCUT2D eigenvalue weighted by Crippen LogP contribution is -2.56. The number of piperazine rings is 1. The predicted molar refractivity (Wildman–Crippen MR) is 153 cm³/mol. The monoisotopic (exact) mass is 514 g/mol. The summed E-state index contributed by atoms with van der Waals surface area (Å²) in [6, 6.07) is 16.3. The Labute approximate surface area is 224 Å². The standard InChI is InChI=1S/C30H35ClN6/c1-4-37-19(2)16-36(17-20(37)3)18-21-11-23(22-9-10-22)13-24(12-21)34-30-33-15-27(31)29(35-30)26-14-32-28-8-6-5-7-25(26)28/h5-8,11-15,19-20,22,32H,4,9-10,16-18H2,1-3H3,(H,33,34,35)/t19-,20+. The molecule has 0 bridgehead atoms. The van der Waals surface area contributed by atoms with Crippen LogP contribution in [0, 0.1) is 0 Å². The summed E-state index contributed by atoms with van der Waals surface area (Å²) in [4.78, 5) is 17.9. The molecule has 1 saturated heterocycles. The summed E-state index contributed by atoms with van der Waals surface area (Å²) >= 11 is 6.57. The zero-order chi connectivity index (χ0) is 25.5. The van der Waals surface area contributed by atoms with Crippen LogP contribution in [-0.4, -0.2) is 56.5 Å². The lowest BCUT2D eigenvalue weighted by molar-refractivity contribution is 0.0392. The Morgan fingerprint density at radius 2 is 1.86 bits per heavy atom. The van der Waals surface area contributed by atoms with Gasteiger partial charge in [-0.25, -0.2) is 9.97 Å². The van der Waals surface area contributed by atoms with E-state index in [1.54, 1.807) is 6.20 Å². The normalized spacial score (nSPS) is 21.0. The van der Waals surface area contributed by atoms with Crippen molar-refractivity contribution in [3.63, 3.8) is 0 Å². The van der Waals surface area contributed by atoms with Gasteiger partial charge in [-0.2, -0.15) is 0 Å². The van der Waals surface area contributed by atoms with Gasteiger partial charge in [0.1, 0.15) is 0 Å². The Hall–Kier alpha value is -2.93. The van der Waals surface area contributed by atoms with Gasteiger partial charge in [0, 0.05) is 60.1 Å². The number of rotatable bonds is 7. The molecule has 6 rings (SSSR count). The molecule has 2 aliphatic rings. The van der Waals surface area contributed by atoms with Crippen molar-refractivity contribution in [1.82, 2.24) is 24.8 Å². The van der Waals surface area contributed by atoms with Crippen molar-refractivity contribution in [3.8, 4) is 11.3 Å². The van der Waals surface area contributed by atoms with Crippen molar-refractivity contribution in [3.05, 3.63) is 71.0 Å². The Morgan fingerprint density at radius 3 is 2.62 bits per heavy atom. The first-order valence-corrected chi connectivity index (χ1v) is 13.8. The average molecular weight is 515 g/mol. The van der Waals surface area contributed by atoms with Crippen LogP contribution in [0.15, 0.2) is 54.9 Å². The largest absolute Gasteiger partial charge is 0.360 e.